The SMILES string of the molecule is CN1C(=O)C(C#N)=C(N2CCN(C(=O)C3CCCO3)CC2)C2CCCCC21. The lowest BCUT2D eigenvalue weighted by Gasteiger charge is -2.48. The number of carbonyl (C=O) groups excluding carboxylic acids is 2. The minimum atomic E-state index is -0.280. The molecule has 3 unspecified atom stereocenters. The molecule has 4 rings (SSSR count). The quantitative estimate of drug-likeness (QED) is 0.726. The third-order valence-corrected chi connectivity index (χ3v) is 6.62. The van der Waals surface area contributed by atoms with Crippen LogP contribution in [0.5, 0.6) is 0 Å². The van der Waals surface area contributed by atoms with Crippen molar-refractivity contribution in [2.24, 2.45) is 5.92 Å². The first-order chi connectivity index (χ1) is 13.1. The second-order valence-corrected chi connectivity index (χ2v) is 8.06. The lowest BCUT2D eigenvalue weighted by atomic mass is 9.77. The molecule has 0 aromatic carbocycles. The van der Waals surface area contributed by atoms with Crippen LogP contribution in [0, 0.1) is 17.2 Å². The third-order valence-electron chi connectivity index (χ3n) is 6.62. The van der Waals surface area contributed by atoms with Gasteiger partial charge in [-0.05, 0) is 25.7 Å². The Morgan fingerprint density at radius 1 is 1.11 bits per heavy atom. The summed E-state index contributed by atoms with van der Waals surface area (Å²) in [6.07, 6.45) is 5.80. The maximum absolute atomic E-state index is 12.7. The summed E-state index contributed by atoms with van der Waals surface area (Å²) in [6.45, 7) is 3.29. The molecule has 1 aliphatic carbocycles. The van der Waals surface area contributed by atoms with E-state index in [1.165, 1.54) is 0 Å². The fourth-order valence-corrected chi connectivity index (χ4v) is 5.16. The van der Waals surface area contributed by atoms with Crippen molar-refractivity contribution in [3.8, 4) is 6.07 Å². The molecule has 3 fully saturated rings. The lowest BCUT2D eigenvalue weighted by Crippen LogP contribution is -2.56. The molecule has 3 atom stereocenters. The maximum atomic E-state index is 12.7. The molecule has 0 radical (unpaired) electrons. The molecule has 2 amide bonds. The van der Waals surface area contributed by atoms with E-state index >= 15 is 0 Å². The molecule has 0 aromatic heterocycles. The van der Waals surface area contributed by atoms with Crippen molar-refractivity contribution in [3.05, 3.63) is 11.3 Å². The lowest BCUT2D eigenvalue weighted by molar-refractivity contribution is -0.142. The Balaban J connectivity index is 1.51. The smallest absolute Gasteiger partial charge is 0.266 e. The Kier molecular flexibility index (Phi) is 5.09. The van der Waals surface area contributed by atoms with Gasteiger partial charge in [0.15, 0.2) is 0 Å². The highest BCUT2D eigenvalue weighted by Gasteiger charge is 2.43. The number of nitrogens with zero attached hydrogens (tertiary/aromatic N) is 4. The van der Waals surface area contributed by atoms with Gasteiger partial charge in [0.2, 0.25) is 0 Å². The monoisotopic (exact) mass is 372 g/mol. The number of fused-ring (bicyclic) bond motifs is 1. The van der Waals surface area contributed by atoms with Crippen molar-refractivity contribution in [3.63, 3.8) is 0 Å². The van der Waals surface area contributed by atoms with Gasteiger partial charge in [-0.25, -0.2) is 0 Å². The Morgan fingerprint density at radius 3 is 2.52 bits per heavy atom. The Morgan fingerprint density at radius 2 is 1.85 bits per heavy atom. The predicted molar refractivity (Wildman–Crippen MR) is 98.3 cm³/mol. The summed E-state index contributed by atoms with van der Waals surface area (Å²) in [5, 5.41) is 9.69. The topological polar surface area (TPSA) is 76.9 Å². The van der Waals surface area contributed by atoms with Gasteiger partial charge in [-0.1, -0.05) is 12.8 Å². The first kappa shape index (κ1) is 18.3. The fourth-order valence-electron chi connectivity index (χ4n) is 5.16. The van der Waals surface area contributed by atoms with Crippen LogP contribution in [0.3, 0.4) is 0 Å². The summed E-state index contributed by atoms with van der Waals surface area (Å²) >= 11 is 0. The van der Waals surface area contributed by atoms with Crippen LogP contribution >= 0.6 is 0 Å². The molecule has 3 aliphatic heterocycles. The Hall–Kier alpha value is -2.07. The highest BCUT2D eigenvalue weighted by atomic mass is 16.5. The van der Waals surface area contributed by atoms with Gasteiger partial charge in [0.05, 0.1) is 0 Å². The fraction of sp³-hybridized carbons (Fsp3) is 0.750. The van der Waals surface area contributed by atoms with Gasteiger partial charge in [0, 0.05) is 57.5 Å². The van der Waals surface area contributed by atoms with Crippen LogP contribution in [0.4, 0.5) is 0 Å². The van der Waals surface area contributed by atoms with Gasteiger partial charge in [-0.3, -0.25) is 9.59 Å². The highest BCUT2D eigenvalue weighted by Crippen LogP contribution is 2.40. The normalized spacial score (nSPS) is 31.8. The van der Waals surface area contributed by atoms with Crippen LogP contribution in [0.15, 0.2) is 11.3 Å². The summed E-state index contributed by atoms with van der Waals surface area (Å²) < 4.78 is 5.53. The van der Waals surface area contributed by atoms with Crippen molar-refractivity contribution in [2.45, 2.75) is 50.7 Å². The summed E-state index contributed by atoms with van der Waals surface area (Å²) in [5.41, 5.74) is 1.24. The number of nitriles is 1. The van der Waals surface area contributed by atoms with Gasteiger partial charge < -0.3 is 19.4 Å². The van der Waals surface area contributed by atoms with E-state index in [0.717, 1.165) is 44.2 Å². The van der Waals surface area contributed by atoms with E-state index in [-0.39, 0.29) is 29.9 Å². The molecule has 0 bridgehead atoms. The number of rotatable bonds is 2. The molecule has 0 spiro atoms. The predicted octanol–water partition coefficient (Wildman–Crippen LogP) is 1.12. The summed E-state index contributed by atoms with van der Waals surface area (Å²) in [6, 6.07) is 2.39. The molecule has 146 valence electrons. The third kappa shape index (κ3) is 3.20. The van der Waals surface area contributed by atoms with Crippen LogP contribution < -0.4 is 0 Å². The zero-order chi connectivity index (χ0) is 19.0. The number of likely N-dealkylation sites (N-methyl/N-ethyl adjacent to an activating group) is 1. The van der Waals surface area contributed by atoms with Gasteiger partial charge in [0.1, 0.15) is 17.7 Å². The molecule has 27 heavy (non-hydrogen) atoms. The average Bonchev–Trinajstić information content (AvgIpc) is 3.25. The summed E-state index contributed by atoms with van der Waals surface area (Å²) in [7, 11) is 1.83. The molecule has 0 N–H and O–H groups in total. The molecule has 1 saturated carbocycles. The van der Waals surface area contributed by atoms with Gasteiger partial charge in [0.25, 0.3) is 11.8 Å². The molecule has 0 aromatic rings. The minimum absolute atomic E-state index is 0.0941. The van der Waals surface area contributed by atoms with E-state index in [2.05, 4.69) is 11.0 Å². The molecule has 2 saturated heterocycles. The van der Waals surface area contributed by atoms with E-state index in [4.69, 9.17) is 4.74 Å². The Bertz CT molecular complexity index is 684. The maximum Gasteiger partial charge on any atom is 0.266 e. The van der Waals surface area contributed by atoms with E-state index < -0.39 is 0 Å². The second kappa shape index (κ2) is 7.51. The zero-order valence-electron chi connectivity index (χ0n) is 16.0. The van der Waals surface area contributed by atoms with Crippen LogP contribution in [0.1, 0.15) is 38.5 Å². The van der Waals surface area contributed by atoms with Crippen molar-refractivity contribution < 1.29 is 14.3 Å². The van der Waals surface area contributed by atoms with Crippen LogP contribution in [-0.2, 0) is 14.3 Å². The van der Waals surface area contributed by atoms with E-state index in [1.54, 1.807) is 4.90 Å². The second-order valence-electron chi connectivity index (χ2n) is 8.06. The molecule has 7 nitrogen and oxygen atoms in total. The molecular weight excluding hydrogens is 344 g/mol. The number of hydrogen-bond acceptors (Lipinski definition) is 5. The zero-order valence-corrected chi connectivity index (χ0v) is 16.0. The van der Waals surface area contributed by atoms with E-state index in [9.17, 15) is 14.9 Å². The van der Waals surface area contributed by atoms with Crippen LogP contribution in [0.25, 0.3) is 0 Å². The first-order valence-electron chi connectivity index (χ1n) is 10.2. The van der Waals surface area contributed by atoms with Crippen molar-refractivity contribution in [1.29, 1.82) is 5.26 Å². The first-order valence-corrected chi connectivity index (χ1v) is 10.2. The molecule has 4 aliphatic rings. The average molecular weight is 372 g/mol. The van der Waals surface area contributed by atoms with Crippen LogP contribution in [-0.4, -0.2) is 78.5 Å². The van der Waals surface area contributed by atoms with Gasteiger partial charge in [-0.2, -0.15) is 5.26 Å². The molecule has 3 heterocycles. The molecule has 7 heteroatoms. The number of piperazine rings is 1. The summed E-state index contributed by atoms with van der Waals surface area (Å²) in [5.74, 6) is 0.196. The van der Waals surface area contributed by atoms with Crippen molar-refractivity contribution in [2.75, 3.05) is 39.8 Å². The van der Waals surface area contributed by atoms with Gasteiger partial charge in [-0.15, -0.1) is 0 Å². The number of hydrogen-bond donors (Lipinski definition) is 0. The van der Waals surface area contributed by atoms with Gasteiger partial charge >= 0.3 is 0 Å². The molecular formula is C20H28N4O3. The number of amides is 2. The van der Waals surface area contributed by atoms with Crippen molar-refractivity contribution >= 4 is 11.8 Å². The Labute approximate surface area is 160 Å². The standard InChI is InChI=1S/C20H28N4O3/c1-22-16-6-3-2-5-14(16)18(15(13-21)19(22)25)23-8-10-24(11-9-23)20(26)17-7-4-12-27-17/h14,16-17H,2-12H2,1H3. The van der Waals surface area contributed by atoms with E-state index in [1.807, 2.05) is 11.9 Å². The summed E-state index contributed by atoms with van der Waals surface area (Å²) in [4.78, 5) is 31.2. The van der Waals surface area contributed by atoms with E-state index in [0.29, 0.717) is 38.4 Å². The minimum Gasteiger partial charge on any atom is -0.370 e. The highest BCUT2D eigenvalue weighted by molar-refractivity contribution is 5.99. The largest absolute Gasteiger partial charge is 0.370 e. The van der Waals surface area contributed by atoms with Crippen molar-refractivity contribution in [1.82, 2.24) is 14.7 Å². The number of carbonyl (C=O) groups is 2. The number of ether oxygens (including phenoxy) is 1. The van der Waals surface area contributed by atoms with Crippen LogP contribution in [0.2, 0.25) is 0 Å².